The lowest BCUT2D eigenvalue weighted by Gasteiger charge is -2.13. The molecule has 164 valence electrons. The first-order chi connectivity index (χ1) is 16.5. The molecule has 0 atom stereocenters. The van der Waals surface area contributed by atoms with Crippen LogP contribution in [0.2, 0.25) is 0 Å². The third kappa shape index (κ3) is 4.07. The molecule has 0 radical (unpaired) electrons. The maximum atomic E-state index is 11.8. The number of anilines is 2. The summed E-state index contributed by atoms with van der Waals surface area (Å²) in [6.45, 7) is 0. The van der Waals surface area contributed by atoms with Gasteiger partial charge in [-0.3, -0.25) is 19.2 Å². The third-order valence-electron chi connectivity index (χ3n) is 5.20. The van der Waals surface area contributed by atoms with E-state index in [1.807, 2.05) is 24.3 Å². The minimum Gasteiger partial charge on any atom is -0.269 e. The first-order valence-electron chi connectivity index (χ1n) is 10.3. The molecule has 0 fully saturated rings. The van der Waals surface area contributed by atoms with E-state index in [9.17, 15) is 19.2 Å². The average Bonchev–Trinajstić information content (AvgIpc) is 3.36. The van der Waals surface area contributed by atoms with Crippen LogP contribution < -0.4 is 9.80 Å². The summed E-state index contributed by atoms with van der Waals surface area (Å²) in [5.41, 5.74) is 3.78. The Balaban J connectivity index is 1.25. The van der Waals surface area contributed by atoms with Gasteiger partial charge in [-0.05, 0) is 72.8 Å². The maximum Gasteiger partial charge on any atom is 0.258 e. The van der Waals surface area contributed by atoms with Crippen LogP contribution in [0, 0.1) is 0 Å². The van der Waals surface area contributed by atoms with E-state index in [4.69, 9.17) is 0 Å². The van der Waals surface area contributed by atoms with Crippen molar-refractivity contribution in [3.63, 3.8) is 0 Å². The number of allylic oxidation sites excluding steroid dienone is 4. The van der Waals surface area contributed by atoms with Gasteiger partial charge in [-0.1, -0.05) is 0 Å². The van der Waals surface area contributed by atoms with E-state index >= 15 is 0 Å². The SMILES string of the molecule is O=C1C=CC(=O)N1c1ccc(N=C2C=CC(=Nc3ccc(N4C(=O)C=CC4=O)cc3)C=C2)cc1. The minimum atomic E-state index is -0.362. The molecule has 3 aliphatic rings. The highest BCUT2D eigenvalue weighted by Gasteiger charge is 2.25. The van der Waals surface area contributed by atoms with Crippen molar-refractivity contribution in [3.8, 4) is 0 Å². The monoisotopic (exact) mass is 448 g/mol. The number of carbonyl (C=O) groups is 4. The number of hydrogen-bond donors (Lipinski definition) is 0. The molecule has 2 aromatic carbocycles. The van der Waals surface area contributed by atoms with Gasteiger partial charge >= 0.3 is 0 Å². The lowest BCUT2D eigenvalue weighted by Crippen LogP contribution is -2.29. The van der Waals surface area contributed by atoms with Gasteiger partial charge in [0.2, 0.25) is 0 Å². The summed E-state index contributed by atoms with van der Waals surface area (Å²) in [6, 6.07) is 13.6. The second-order valence-corrected chi connectivity index (χ2v) is 7.46. The summed E-state index contributed by atoms with van der Waals surface area (Å²) in [5.74, 6) is -1.45. The molecule has 4 amide bonds. The van der Waals surface area contributed by atoms with Gasteiger partial charge in [-0.25, -0.2) is 19.8 Å². The highest BCUT2D eigenvalue weighted by Crippen LogP contribution is 2.25. The van der Waals surface area contributed by atoms with Crippen molar-refractivity contribution in [2.24, 2.45) is 9.98 Å². The van der Waals surface area contributed by atoms with E-state index in [-0.39, 0.29) is 23.6 Å². The Morgan fingerprint density at radius 2 is 0.706 bits per heavy atom. The zero-order chi connectivity index (χ0) is 23.7. The molecule has 8 heteroatoms. The Kier molecular flexibility index (Phi) is 5.23. The van der Waals surface area contributed by atoms with Gasteiger partial charge in [-0.15, -0.1) is 0 Å². The molecule has 0 bridgehead atoms. The minimum absolute atomic E-state index is 0.362. The Hall–Kier alpha value is -4.98. The molecule has 0 saturated heterocycles. The molecule has 0 spiro atoms. The Morgan fingerprint density at radius 3 is 1.00 bits per heavy atom. The van der Waals surface area contributed by atoms with Crippen molar-refractivity contribution in [1.82, 2.24) is 0 Å². The van der Waals surface area contributed by atoms with Crippen molar-refractivity contribution < 1.29 is 19.2 Å². The van der Waals surface area contributed by atoms with E-state index in [1.54, 1.807) is 48.5 Å². The highest BCUT2D eigenvalue weighted by atomic mass is 16.2. The van der Waals surface area contributed by atoms with Crippen molar-refractivity contribution >= 4 is 57.8 Å². The molecule has 1 aliphatic carbocycles. The summed E-state index contributed by atoms with van der Waals surface area (Å²) in [6.07, 6.45) is 12.3. The standard InChI is InChI=1S/C26H16N4O4/c31-23-13-14-24(32)29(23)21-9-5-19(6-10-21)27-17-1-2-18(4-3-17)28-20-7-11-22(12-8-20)30-25(33)15-16-26(30)34/h1-16H. The fourth-order valence-electron chi connectivity index (χ4n) is 3.56. The van der Waals surface area contributed by atoms with Crippen molar-refractivity contribution in [2.75, 3.05) is 9.80 Å². The lowest BCUT2D eigenvalue weighted by atomic mass is 10.1. The summed E-state index contributed by atoms with van der Waals surface area (Å²) in [7, 11) is 0. The van der Waals surface area contributed by atoms with Gasteiger partial charge in [-0.2, -0.15) is 0 Å². The molecule has 0 aromatic heterocycles. The molecule has 2 heterocycles. The lowest BCUT2D eigenvalue weighted by molar-refractivity contribution is -0.121. The van der Waals surface area contributed by atoms with Crippen LogP contribution in [-0.4, -0.2) is 35.1 Å². The number of imide groups is 2. The predicted octanol–water partition coefficient (Wildman–Crippen LogP) is 3.52. The molecular formula is C26H16N4O4. The summed E-state index contributed by atoms with van der Waals surface area (Å²) >= 11 is 0. The molecule has 0 N–H and O–H groups in total. The van der Waals surface area contributed by atoms with Crippen LogP contribution in [0.3, 0.4) is 0 Å². The fourth-order valence-corrected chi connectivity index (χ4v) is 3.56. The van der Waals surface area contributed by atoms with Crippen LogP contribution in [0.5, 0.6) is 0 Å². The van der Waals surface area contributed by atoms with Gasteiger partial charge in [0, 0.05) is 24.3 Å². The van der Waals surface area contributed by atoms with Crippen LogP contribution in [0.1, 0.15) is 0 Å². The summed E-state index contributed by atoms with van der Waals surface area (Å²) < 4.78 is 0. The molecule has 2 aliphatic heterocycles. The molecule has 34 heavy (non-hydrogen) atoms. The first kappa shape index (κ1) is 20.9. The zero-order valence-electron chi connectivity index (χ0n) is 17.7. The Bertz CT molecular complexity index is 1250. The zero-order valence-corrected chi connectivity index (χ0v) is 17.7. The van der Waals surface area contributed by atoms with Crippen LogP contribution in [0.25, 0.3) is 0 Å². The van der Waals surface area contributed by atoms with Crippen LogP contribution in [-0.2, 0) is 19.2 Å². The van der Waals surface area contributed by atoms with Gasteiger partial charge < -0.3 is 0 Å². The maximum absolute atomic E-state index is 11.8. The Morgan fingerprint density at radius 1 is 0.412 bits per heavy atom. The van der Waals surface area contributed by atoms with Crippen molar-refractivity contribution in [2.45, 2.75) is 0 Å². The molecule has 8 nitrogen and oxygen atoms in total. The third-order valence-corrected chi connectivity index (χ3v) is 5.20. The van der Waals surface area contributed by atoms with Crippen molar-refractivity contribution in [3.05, 3.63) is 97.1 Å². The Labute approximate surface area is 194 Å². The van der Waals surface area contributed by atoms with Crippen LogP contribution in [0.15, 0.2) is 107 Å². The number of nitrogens with zero attached hydrogens (tertiary/aromatic N) is 4. The smallest absolute Gasteiger partial charge is 0.258 e. The molecule has 5 rings (SSSR count). The number of hydrogen-bond acceptors (Lipinski definition) is 6. The molecule has 0 unspecified atom stereocenters. The van der Waals surface area contributed by atoms with E-state index in [1.165, 1.54) is 24.3 Å². The summed E-state index contributed by atoms with van der Waals surface area (Å²) in [4.78, 5) is 58.4. The second kappa shape index (κ2) is 8.51. The average molecular weight is 448 g/mol. The van der Waals surface area contributed by atoms with Gasteiger partial charge in [0.05, 0.1) is 34.2 Å². The first-order valence-corrected chi connectivity index (χ1v) is 10.3. The normalized spacial score (nSPS) is 16.9. The molecule has 0 saturated carbocycles. The van der Waals surface area contributed by atoms with Crippen LogP contribution in [0.4, 0.5) is 22.7 Å². The predicted molar refractivity (Wildman–Crippen MR) is 129 cm³/mol. The highest BCUT2D eigenvalue weighted by molar-refractivity contribution is 6.29. The summed E-state index contributed by atoms with van der Waals surface area (Å²) in [5, 5.41) is 0. The molecular weight excluding hydrogens is 432 g/mol. The number of aliphatic imine (C=N–C) groups is 2. The topological polar surface area (TPSA) is 99.5 Å². The van der Waals surface area contributed by atoms with Crippen molar-refractivity contribution in [1.29, 1.82) is 0 Å². The van der Waals surface area contributed by atoms with E-state index in [0.29, 0.717) is 22.7 Å². The van der Waals surface area contributed by atoms with Crippen LogP contribution >= 0.6 is 0 Å². The number of rotatable bonds is 4. The van der Waals surface area contributed by atoms with Gasteiger partial charge in [0.1, 0.15) is 0 Å². The van der Waals surface area contributed by atoms with E-state index in [2.05, 4.69) is 9.98 Å². The van der Waals surface area contributed by atoms with E-state index < -0.39 is 0 Å². The van der Waals surface area contributed by atoms with Gasteiger partial charge in [0.25, 0.3) is 23.6 Å². The number of carbonyl (C=O) groups excluding carboxylic acids is 4. The van der Waals surface area contributed by atoms with Gasteiger partial charge in [0.15, 0.2) is 0 Å². The quantitative estimate of drug-likeness (QED) is 0.528. The number of benzene rings is 2. The van der Waals surface area contributed by atoms with E-state index in [0.717, 1.165) is 21.2 Å². The number of amides is 4. The fraction of sp³-hybridized carbons (Fsp3) is 0. The second-order valence-electron chi connectivity index (χ2n) is 7.46. The molecule has 2 aromatic rings. The largest absolute Gasteiger partial charge is 0.269 e.